The lowest BCUT2D eigenvalue weighted by molar-refractivity contribution is -0.123. The zero-order valence-corrected chi connectivity index (χ0v) is 18.5. The van der Waals surface area contributed by atoms with Gasteiger partial charge >= 0.3 is 0 Å². The third-order valence-corrected chi connectivity index (χ3v) is 6.83. The van der Waals surface area contributed by atoms with E-state index in [9.17, 15) is 9.59 Å². The molecule has 2 amide bonds. The predicted octanol–water partition coefficient (Wildman–Crippen LogP) is 5.72. The average Bonchev–Trinajstić information content (AvgIpc) is 2.89. The standard InChI is InChI=1S/C23H30N2O2S/c1-8-16(5)25-21(26)20(28-22(25)27)12-17-11-18-15(4)13-23(6,7)24(9-2)19(18)10-14(17)3/h8,10-12,15-16H,1,9,13H2,2-7H3/b20-12+. The third-order valence-electron chi connectivity index (χ3n) is 5.95. The molecule has 3 rings (SSSR count). The van der Waals surface area contributed by atoms with Gasteiger partial charge in [-0.05, 0) is 93.6 Å². The topological polar surface area (TPSA) is 40.6 Å². The Labute approximate surface area is 172 Å². The number of carbonyl (C=O) groups excluding carboxylic acids is 2. The number of anilines is 1. The molecule has 1 aromatic rings. The summed E-state index contributed by atoms with van der Waals surface area (Å²) in [7, 11) is 0. The Hall–Kier alpha value is -2.01. The first-order chi connectivity index (χ1) is 13.1. The zero-order valence-electron chi connectivity index (χ0n) is 17.7. The van der Waals surface area contributed by atoms with Crippen LogP contribution >= 0.6 is 11.8 Å². The highest BCUT2D eigenvalue weighted by molar-refractivity contribution is 8.18. The number of hydrogen-bond acceptors (Lipinski definition) is 4. The van der Waals surface area contributed by atoms with E-state index in [2.05, 4.69) is 58.2 Å². The van der Waals surface area contributed by atoms with Crippen LogP contribution in [0.3, 0.4) is 0 Å². The van der Waals surface area contributed by atoms with Gasteiger partial charge < -0.3 is 4.90 Å². The van der Waals surface area contributed by atoms with E-state index >= 15 is 0 Å². The summed E-state index contributed by atoms with van der Waals surface area (Å²) in [4.78, 5) is 29.2. The number of nitrogens with zero attached hydrogens (tertiary/aromatic N) is 2. The molecule has 0 aliphatic carbocycles. The molecule has 0 spiro atoms. The van der Waals surface area contributed by atoms with Gasteiger partial charge in [-0.1, -0.05) is 13.0 Å². The maximum atomic E-state index is 12.7. The fraction of sp³-hybridized carbons (Fsp3) is 0.478. The van der Waals surface area contributed by atoms with Crippen LogP contribution in [0.5, 0.6) is 0 Å². The minimum absolute atomic E-state index is 0.124. The molecule has 5 heteroatoms. The summed E-state index contributed by atoms with van der Waals surface area (Å²) < 4.78 is 0. The van der Waals surface area contributed by atoms with Crippen molar-refractivity contribution in [2.24, 2.45) is 0 Å². The number of benzene rings is 1. The van der Waals surface area contributed by atoms with Crippen molar-refractivity contribution in [3.63, 3.8) is 0 Å². The van der Waals surface area contributed by atoms with Gasteiger partial charge in [-0.25, -0.2) is 0 Å². The van der Waals surface area contributed by atoms with Crippen LogP contribution in [0.1, 0.15) is 63.6 Å². The molecule has 2 atom stereocenters. The smallest absolute Gasteiger partial charge is 0.294 e. The molecule has 0 saturated carbocycles. The van der Waals surface area contributed by atoms with E-state index in [0.717, 1.165) is 35.9 Å². The molecule has 0 radical (unpaired) electrons. The number of carbonyl (C=O) groups is 2. The second kappa shape index (κ2) is 7.43. The van der Waals surface area contributed by atoms with Crippen LogP contribution in [0.15, 0.2) is 29.7 Å². The van der Waals surface area contributed by atoms with Gasteiger partial charge in [0.2, 0.25) is 0 Å². The second-order valence-electron chi connectivity index (χ2n) is 8.46. The Kier molecular flexibility index (Phi) is 5.50. The summed E-state index contributed by atoms with van der Waals surface area (Å²) in [5.41, 5.74) is 4.85. The lowest BCUT2D eigenvalue weighted by atomic mass is 9.79. The van der Waals surface area contributed by atoms with Crippen molar-refractivity contribution in [1.29, 1.82) is 0 Å². The van der Waals surface area contributed by atoms with Crippen molar-refractivity contribution in [1.82, 2.24) is 4.90 Å². The van der Waals surface area contributed by atoms with Crippen LogP contribution < -0.4 is 4.90 Å². The molecule has 0 bridgehead atoms. The molecule has 1 fully saturated rings. The Balaban J connectivity index is 2.03. The van der Waals surface area contributed by atoms with Gasteiger partial charge in [0.15, 0.2) is 0 Å². The van der Waals surface area contributed by atoms with Crippen molar-refractivity contribution in [2.75, 3.05) is 11.4 Å². The first-order valence-electron chi connectivity index (χ1n) is 9.92. The van der Waals surface area contributed by atoms with Gasteiger partial charge in [-0.2, -0.15) is 0 Å². The van der Waals surface area contributed by atoms with E-state index in [1.54, 1.807) is 13.0 Å². The summed E-state index contributed by atoms with van der Waals surface area (Å²) in [5.74, 6) is 0.209. The molecule has 2 aliphatic rings. The number of rotatable bonds is 4. The monoisotopic (exact) mass is 398 g/mol. The number of amides is 2. The molecule has 2 aliphatic heterocycles. The summed E-state index contributed by atoms with van der Waals surface area (Å²) >= 11 is 1.01. The predicted molar refractivity (Wildman–Crippen MR) is 119 cm³/mol. The van der Waals surface area contributed by atoms with Crippen LogP contribution in [-0.2, 0) is 4.79 Å². The number of thioether (sulfide) groups is 1. The van der Waals surface area contributed by atoms with Crippen molar-refractivity contribution >= 4 is 34.7 Å². The SMILES string of the molecule is C=CC(C)N1C(=O)S/C(=C/c2cc3c(cc2C)N(CC)C(C)(C)CC3C)C1=O. The van der Waals surface area contributed by atoms with E-state index in [1.165, 1.54) is 16.2 Å². The molecular weight excluding hydrogens is 368 g/mol. The Morgan fingerprint density at radius 2 is 2.04 bits per heavy atom. The van der Waals surface area contributed by atoms with Gasteiger partial charge in [0, 0.05) is 17.8 Å². The van der Waals surface area contributed by atoms with Gasteiger partial charge in [0.05, 0.1) is 10.9 Å². The molecule has 1 saturated heterocycles. The molecular formula is C23H30N2O2S. The zero-order chi connectivity index (χ0) is 20.8. The Morgan fingerprint density at radius 1 is 1.36 bits per heavy atom. The van der Waals surface area contributed by atoms with Crippen LogP contribution in [0.2, 0.25) is 0 Å². The van der Waals surface area contributed by atoms with Gasteiger partial charge in [-0.15, -0.1) is 6.58 Å². The van der Waals surface area contributed by atoms with Crippen LogP contribution in [0, 0.1) is 6.92 Å². The van der Waals surface area contributed by atoms with Crippen LogP contribution in [0.25, 0.3) is 6.08 Å². The van der Waals surface area contributed by atoms with Crippen LogP contribution in [0.4, 0.5) is 10.5 Å². The Bertz CT molecular complexity index is 872. The van der Waals surface area contributed by atoms with E-state index in [1.807, 2.05) is 6.08 Å². The summed E-state index contributed by atoms with van der Waals surface area (Å²) in [5, 5.41) is -0.230. The summed E-state index contributed by atoms with van der Waals surface area (Å²) in [6.45, 7) is 17.6. The molecule has 1 aromatic carbocycles. The van der Waals surface area contributed by atoms with E-state index in [-0.39, 0.29) is 22.7 Å². The highest BCUT2D eigenvalue weighted by Crippen LogP contribution is 2.45. The van der Waals surface area contributed by atoms with E-state index in [0.29, 0.717) is 10.8 Å². The fourth-order valence-electron chi connectivity index (χ4n) is 4.48. The van der Waals surface area contributed by atoms with Crippen molar-refractivity contribution in [3.8, 4) is 0 Å². The third kappa shape index (κ3) is 3.41. The Morgan fingerprint density at radius 3 is 2.64 bits per heavy atom. The average molecular weight is 399 g/mol. The molecule has 2 unspecified atom stereocenters. The first kappa shape index (κ1) is 20.7. The highest BCUT2D eigenvalue weighted by atomic mass is 32.2. The first-order valence-corrected chi connectivity index (χ1v) is 10.7. The fourth-order valence-corrected chi connectivity index (χ4v) is 5.39. The lowest BCUT2D eigenvalue weighted by Gasteiger charge is -2.47. The maximum absolute atomic E-state index is 12.7. The molecule has 150 valence electrons. The summed E-state index contributed by atoms with van der Waals surface area (Å²) in [6.07, 6.45) is 4.58. The quantitative estimate of drug-likeness (QED) is 0.480. The van der Waals surface area contributed by atoms with Crippen molar-refractivity contribution < 1.29 is 9.59 Å². The van der Waals surface area contributed by atoms with E-state index in [4.69, 9.17) is 0 Å². The number of imide groups is 1. The van der Waals surface area contributed by atoms with Gasteiger partial charge in [-0.3, -0.25) is 14.5 Å². The molecule has 0 aromatic heterocycles. The minimum atomic E-state index is -0.302. The number of aryl methyl sites for hydroxylation is 1. The highest BCUT2D eigenvalue weighted by Gasteiger charge is 2.38. The lowest BCUT2D eigenvalue weighted by Crippen LogP contribution is -2.48. The largest absolute Gasteiger partial charge is 0.366 e. The van der Waals surface area contributed by atoms with Crippen molar-refractivity contribution in [2.45, 2.75) is 65.5 Å². The van der Waals surface area contributed by atoms with Crippen molar-refractivity contribution in [3.05, 3.63) is 46.4 Å². The van der Waals surface area contributed by atoms with Gasteiger partial charge in [0.1, 0.15) is 0 Å². The van der Waals surface area contributed by atoms with E-state index < -0.39 is 0 Å². The van der Waals surface area contributed by atoms with Crippen LogP contribution in [-0.4, -0.2) is 34.2 Å². The maximum Gasteiger partial charge on any atom is 0.294 e. The summed E-state index contributed by atoms with van der Waals surface area (Å²) in [6, 6.07) is 4.14. The normalized spacial score (nSPS) is 23.9. The van der Waals surface area contributed by atoms with Gasteiger partial charge in [0.25, 0.3) is 11.1 Å². The molecule has 4 nitrogen and oxygen atoms in total. The number of fused-ring (bicyclic) bond motifs is 1. The second-order valence-corrected chi connectivity index (χ2v) is 9.45. The minimum Gasteiger partial charge on any atom is -0.366 e. The number of hydrogen-bond donors (Lipinski definition) is 0. The molecule has 2 heterocycles. The molecule has 28 heavy (non-hydrogen) atoms. The molecule has 0 N–H and O–H groups in total.